The van der Waals surface area contributed by atoms with Crippen LogP contribution in [-0.4, -0.2) is 24.0 Å². The number of nitrogens with one attached hydrogen (secondary N) is 1. The smallest absolute Gasteiger partial charge is 0.262 e. The Morgan fingerprint density at radius 2 is 2.08 bits per heavy atom. The molecule has 1 aromatic carbocycles. The number of amides is 1. The van der Waals surface area contributed by atoms with Crippen LogP contribution in [-0.2, 0) is 0 Å². The number of para-hydroxylation sites is 1. The number of nitrogens with zero attached hydrogens (tertiary/aromatic N) is 1. The average molecular weight is 357 g/mol. The zero-order valence-corrected chi connectivity index (χ0v) is 14.2. The van der Waals surface area contributed by atoms with Crippen LogP contribution in [0.5, 0.6) is 5.75 Å². The standard InChI is InChI=1S/C18H13ClN2O2S/c19-16-9-8-15(24-16)18(22)21-10-1-2-12-23-14-7-3-5-13-6-4-11-20-17(13)14/h3-9,11H,10,12H2,(H,21,22). The van der Waals surface area contributed by atoms with Crippen molar-refractivity contribution in [2.45, 2.75) is 0 Å². The van der Waals surface area contributed by atoms with Gasteiger partial charge in [0.2, 0.25) is 0 Å². The van der Waals surface area contributed by atoms with Gasteiger partial charge in [0.1, 0.15) is 17.9 Å². The summed E-state index contributed by atoms with van der Waals surface area (Å²) < 4.78 is 6.24. The second-order valence-electron chi connectivity index (χ2n) is 4.76. The molecule has 24 heavy (non-hydrogen) atoms. The second kappa shape index (κ2) is 7.82. The maximum atomic E-state index is 11.8. The first-order valence-corrected chi connectivity index (χ1v) is 8.39. The van der Waals surface area contributed by atoms with Gasteiger partial charge in [-0.3, -0.25) is 9.78 Å². The van der Waals surface area contributed by atoms with Crippen LogP contribution in [0.25, 0.3) is 10.9 Å². The topological polar surface area (TPSA) is 51.2 Å². The number of hydrogen-bond donors (Lipinski definition) is 1. The molecular formula is C18H13ClN2O2S. The average Bonchev–Trinajstić information content (AvgIpc) is 3.04. The number of ether oxygens (including phenoxy) is 1. The van der Waals surface area contributed by atoms with Gasteiger partial charge in [-0.1, -0.05) is 41.6 Å². The first-order valence-electron chi connectivity index (χ1n) is 7.20. The Labute approximate surface area is 148 Å². The summed E-state index contributed by atoms with van der Waals surface area (Å²) >= 11 is 7.03. The molecule has 2 heterocycles. The van der Waals surface area contributed by atoms with Crippen LogP contribution < -0.4 is 10.1 Å². The van der Waals surface area contributed by atoms with E-state index < -0.39 is 0 Å². The van der Waals surface area contributed by atoms with Gasteiger partial charge in [-0.25, -0.2) is 0 Å². The molecule has 0 aliphatic heterocycles. The first kappa shape index (κ1) is 16.3. The van der Waals surface area contributed by atoms with Gasteiger partial charge in [-0.15, -0.1) is 11.3 Å². The number of aromatic nitrogens is 1. The zero-order valence-electron chi connectivity index (χ0n) is 12.6. The van der Waals surface area contributed by atoms with Gasteiger partial charge in [0.05, 0.1) is 15.8 Å². The molecule has 0 atom stereocenters. The van der Waals surface area contributed by atoms with Crippen LogP contribution >= 0.6 is 22.9 Å². The minimum Gasteiger partial charge on any atom is -0.479 e. The number of carbonyl (C=O) groups excluding carboxylic acids is 1. The molecule has 0 saturated carbocycles. The molecule has 6 heteroatoms. The minimum atomic E-state index is -0.180. The molecule has 0 saturated heterocycles. The molecule has 0 spiro atoms. The molecule has 0 aliphatic rings. The summed E-state index contributed by atoms with van der Waals surface area (Å²) in [5, 5.41) is 3.73. The third-order valence-electron chi connectivity index (χ3n) is 3.15. The van der Waals surface area contributed by atoms with E-state index >= 15 is 0 Å². The molecule has 1 N–H and O–H groups in total. The highest BCUT2D eigenvalue weighted by molar-refractivity contribution is 7.17. The number of benzene rings is 1. The lowest BCUT2D eigenvalue weighted by Gasteiger charge is -2.05. The second-order valence-corrected chi connectivity index (χ2v) is 6.48. The van der Waals surface area contributed by atoms with Crippen LogP contribution in [0.4, 0.5) is 0 Å². The lowest BCUT2D eigenvalue weighted by atomic mass is 10.2. The Balaban J connectivity index is 1.50. The number of carbonyl (C=O) groups is 1. The zero-order chi connectivity index (χ0) is 16.8. The largest absolute Gasteiger partial charge is 0.479 e. The summed E-state index contributed by atoms with van der Waals surface area (Å²) in [6, 6.07) is 13.0. The van der Waals surface area contributed by atoms with Crippen molar-refractivity contribution in [3.8, 4) is 17.6 Å². The summed E-state index contributed by atoms with van der Waals surface area (Å²) in [5.41, 5.74) is 0.810. The van der Waals surface area contributed by atoms with Gasteiger partial charge < -0.3 is 10.1 Å². The summed E-state index contributed by atoms with van der Waals surface area (Å²) in [5.74, 6) is 6.24. The quantitative estimate of drug-likeness (QED) is 0.724. The van der Waals surface area contributed by atoms with Crippen LogP contribution in [0, 0.1) is 11.8 Å². The molecule has 0 radical (unpaired) electrons. The predicted molar refractivity (Wildman–Crippen MR) is 96.7 cm³/mol. The van der Waals surface area contributed by atoms with E-state index in [0.717, 1.165) is 10.9 Å². The molecule has 3 aromatic rings. The van der Waals surface area contributed by atoms with Crippen molar-refractivity contribution in [1.82, 2.24) is 10.3 Å². The van der Waals surface area contributed by atoms with E-state index in [0.29, 0.717) is 15.0 Å². The highest BCUT2D eigenvalue weighted by atomic mass is 35.5. The molecule has 0 aliphatic carbocycles. The maximum absolute atomic E-state index is 11.8. The summed E-state index contributed by atoms with van der Waals surface area (Å²) in [4.78, 5) is 16.7. The lowest BCUT2D eigenvalue weighted by molar-refractivity contribution is 0.0962. The van der Waals surface area contributed by atoms with E-state index in [4.69, 9.17) is 16.3 Å². The van der Waals surface area contributed by atoms with Gasteiger partial charge in [0.25, 0.3) is 5.91 Å². The maximum Gasteiger partial charge on any atom is 0.262 e. The highest BCUT2D eigenvalue weighted by Gasteiger charge is 2.06. The number of rotatable bonds is 4. The minimum absolute atomic E-state index is 0.180. The fourth-order valence-corrected chi connectivity index (χ4v) is 3.03. The molecule has 0 bridgehead atoms. The molecule has 3 rings (SSSR count). The predicted octanol–water partition coefficient (Wildman–Crippen LogP) is 3.76. The molecule has 4 nitrogen and oxygen atoms in total. The Bertz CT molecular complexity index is 922. The fourth-order valence-electron chi connectivity index (χ4n) is 2.07. The van der Waals surface area contributed by atoms with Crippen molar-refractivity contribution in [1.29, 1.82) is 0 Å². The molecule has 120 valence electrons. The highest BCUT2D eigenvalue weighted by Crippen LogP contribution is 2.22. The fraction of sp³-hybridized carbons (Fsp3) is 0.111. The monoisotopic (exact) mass is 356 g/mol. The SMILES string of the molecule is O=C(NCC#CCOc1cccc2cccnc12)c1ccc(Cl)s1. The van der Waals surface area contributed by atoms with E-state index in [2.05, 4.69) is 22.1 Å². The Morgan fingerprint density at radius 3 is 2.92 bits per heavy atom. The third-order valence-corrected chi connectivity index (χ3v) is 4.38. The van der Waals surface area contributed by atoms with E-state index in [9.17, 15) is 4.79 Å². The van der Waals surface area contributed by atoms with E-state index in [1.54, 1.807) is 18.3 Å². The van der Waals surface area contributed by atoms with E-state index in [-0.39, 0.29) is 19.1 Å². The van der Waals surface area contributed by atoms with Crippen molar-refractivity contribution in [2.75, 3.05) is 13.2 Å². The molecule has 1 amide bonds. The van der Waals surface area contributed by atoms with Crippen molar-refractivity contribution in [2.24, 2.45) is 0 Å². The molecular weight excluding hydrogens is 344 g/mol. The number of thiophene rings is 1. The Morgan fingerprint density at radius 1 is 1.21 bits per heavy atom. The van der Waals surface area contributed by atoms with Gasteiger partial charge in [0, 0.05) is 11.6 Å². The van der Waals surface area contributed by atoms with Gasteiger partial charge in [0.15, 0.2) is 0 Å². The number of hydrogen-bond acceptors (Lipinski definition) is 4. The lowest BCUT2D eigenvalue weighted by Crippen LogP contribution is -2.22. The van der Waals surface area contributed by atoms with Crippen LogP contribution in [0.1, 0.15) is 9.67 Å². The van der Waals surface area contributed by atoms with Crippen molar-refractivity contribution >= 4 is 39.7 Å². The molecule has 2 aromatic heterocycles. The van der Waals surface area contributed by atoms with Crippen molar-refractivity contribution in [3.63, 3.8) is 0 Å². The van der Waals surface area contributed by atoms with Gasteiger partial charge in [-0.05, 0) is 24.3 Å². The number of pyridine rings is 1. The molecule has 0 fully saturated rings. The third kappa shape index (κ3) is 4.05. The number of fused-ring (bicyclic) bond motifs is 1. The van der Waals surface area contributed by atoms with Crippen molar-refractivity contribution in [3.05, 3.63) is 57.9 Å². The van der Waals surface area contributed by atoms with Crippen LogP contribution in [0.15, 0.2) is 48.7 Å². The molecule has 0 unspecified atom stereocenters. The summed E-state index contributed by atoms with van der Waals surface area (Å²) in [6.07, 6.45) is 1.73. The number of halogens is 1. The first-order chi connectivity index (χ1) is 11.7. The van der Waals surface area contributed by atoms with Crippen LogP contribution in [0.2, 0.25) is 4.34 Å². The van der Waals surface area contributed by atoms with Crippen LogP contribution in [0.3, 0.4) is 0 Å². The normalized spacial score (nSPS) is 10.0. The van der Waals surface area contributed by atoms with Gasteiger partial charge >= 0.3 is 0 Å². The summed E-state index contributed by atoms with van der Waals surface area (Å²) in [6.45, 7) is 0.488. The Hall–Kier alpha value is -2.55. The van der Waals surface area contributed by atoms with E-state index in [1.807, 2.05) is 30.3 Å². The Kier molecular flexibility index (Phi) is 5.32. The summed E-state index contributed by atoms with van der Waals surface area (Å²) in [7, 11) is 0. The van der Waals surface area contributed by atoms with E-state index in [1.165, 1.54) is 11.3 Å². The van der Waals surface area contributed by atoms with Crippen molar-refractivity contribution < 1.29 is 9.53 Å². The van der Waals surface area contributed by atoms with Gasteiger partial charge in [-0.2, -0.15) is 0 Å².